The third-order valence-corrected chi connectivity index (χ3v) is 3.17. The normalized spacial score (nSPS) is 10.7. The van der Waals surface area contributed by atoms with Gasteiger partial charge in [-0.3, -0.25) is 0 Å². The zero-order valence-corrected chi connectivity index (χ0v) is 12.3. The van der Waals surface area contributed by atoms with E-state index in [4.69, 9.17) is 4.74 Å². The van der Waals surface area contributed by atoms with Gasteiger partial charge in [-0.15, -0.1) is 0 Å². The summed E-state index contributed by atoms with van der Waals surface area (Å²) in [5.41, 5.74) is 2.36. The molecule has 0 aliphatic carbocycles. The van der Waals surface area contributed by atoms with Gasteiger partial charge in [0, 0.05) is 25.7 Å². The van der Waals surface area contributed by atoms with Crippen molar-refractivity contribution in [3.63, 3.8) is 0 Å². The molecule has 20 heavy (non-hydrogen) atoms. The Kier molecular flexibility index (Phi) is 5.62. The molecule has 2 rings (SSSR count). The van der Waals surface area contributed by atoms with E-state index >= 15 is 0 Å². The zero-order chi connectivity index (χ0) is 14.2. The molecular formula is C16H23N3O. The Bertz CT molecular complexity index is 522. The SMILES string of the molecule is CCCNCCc1cn(Cc2cccc(OC)c2)cn1. The number of rotatable bonds is 8. The van der Waals surface area contributed by atoms with Crippen LogP contribution in [0.4, 0.5) is 0 Å². The van der Waals surface area contributed by atoms with Crippen molar-refractivity contribution < 1.29 is 4.74 Å². The standard InChI is InChI=1S/C16H23N3O/c1-3-8-17-9-7-15-12-19(13-18-15)11-14-5-4-6-16(10-14)20-2/h4-6,10,12-13,17H,3,7-9,11H2,1-2H3. The summed E-state index contributed by atoms with van der Waals surface area (Å²) in [5.74, 6) is 0.895. The molecule has 2 aromatic rings. The van der Waals surface area contributed by atoms with Crippen molar-refractivity contribution in [3.05, 3.63) is 48.0 Å². The van der Waals surface area contributed by atoms with Gasteiger partial charge in [-0.2, -0.15) is 0 Å². The van der Waals surface area contributed by atoms with Gasteiger partial charge in [-0.1, -0.05) is 19.1 Å². The van der Waals surface area contributed by atoms with Crippen molar-refractivity contribution in [2.75, 3.05) is 20.2 Å². The second-order valence-corrected chi connectivity index (χ2v) is 4.89. The second kappa shape index (κ2) is 7.70. The molecule has 0 bridgehead atoms. The third-order valence-electron chi connectivity index (χ3n) is 3.17. The van der Waals surface area contributed by atoms with E-state index in [1.165, 1.54) is 12.0 Å². The molecule has 1 N–H and O–H groups in total. The summed E-state index contributed by atoms with van der Waals surface area (Å²) in [6, 6.07) is 8.14. The van der Waals surface area contributed by atoms with Gasteiger partial charge in [0.15, 0.2) is 0 Å². The van der Waals surface area contributed by atoms with E-state index in [0.717, 1.165) is 37.5 Å². The molecule has 0 fully saturated rings. The predicted molar refractivity (Wildman–Crippen MR) is 81.2 cm³/mol. The quantitative estimate of drug-likeness (QED) is 0.751. The van der Waals surface area contributed by atoms with E-state index in [9.17, 15) is 0 Å². The highest BCUT2D eigenvalue weighted by atomic mass is 16.5. The fourth-order valence-corrected chi connectivity index (χ4v) is 2.12. The van der Waals surface area contributed by atoms with Gasteiger partial charge in [-0.25, -0.2) is 4.98 Å². The van der Waals surface area contributed by atoms with Gasteiger partial charge in [-0.05, 0) is 30.7 Å². The Labute approximate surface area is 120 Å². The molecule has 0 spiro atoms. The van der Waals surface area contributed by atoms with Gasteiger partial charge < -0.3 is 14.6 Å². The lowest BCUT2D eigenvalue weighted by atomic mass is 10.2. The molecule has 0 saturated carbocycles. The first-order valence-corrected chi connectivity index (χ1v) is 7.16. The van der Waals surface area contributed by atoms with Crippen molar-refractivity contribution in [1.29, 1.82) is 0 Å². The summed E-state index contributed by atoms with van der Waals surface area (Å²) in [4.78, 5) is 4.44. The minimum Gasteiger partial charge on any atom is -0.497 e. The molecule has 0 radical (unpaired) electrons. The summed E-state index contributed by atoms with van der Waals surface area (Å²) in [5, 5.41) is 3.39. The average molecular weight is 273 g/mol. The molecule has 4 nitrogen and oxygen atoms in total. The minimum atomic E-state index is 0.826. The predicted octanol–water partition coefficient (Wildman–Crippen LogP) is 2.48. The molecule has 0 unspecified atom stereocenters. The van der Waals surface area contributed by atoms with Crippen molar-refractivity contribution in [2.45, 2.75) is 26.3 Å². The number of benzene rings is 1. The summed E-state index contributed by atoms with van der Waals surface area (Å²) in [6.07, 6.45) is 6.16. The second-order valence-electron chi connectivity index (χ2n) is 4.89. The largest absolute Gasteiger partial charge is 0.497 e. The molecule has 0 saturated heterocycles. The van der Waals surface area contributed by atoms with Gasteiger partial charge >= 0.3 is 0 Å². The lowest BCUT2D eigenvalue weighted by molar-refractivity contribution is 0.414. The van der Waals surface area contributed by atoms with Crippen molar-refractivity contribution in [3.8, 4) is 5.75 Å². The van der Waals surface area contributed by atoms with Crippen LogP contribution in [-0.4, -0.2) is 29.8 Å². The number of methoxy groups -OCH3 is 1. The Morgan fingerprint density at radius 1 is 1.30 bits per heavy atom. The highest BCUT2D eigenvalue weighted by Gasteiger charge is 2.01. The van der Waals surface area contributed by atoms with E-state index in [-0.39, 0.29) is 0 Å². The number of hydrogen-bond donors (Lipinski definition) is 1. The maximum absolute atomic E-state index is 5.24. The summed E-state index contributed by atoms with van der Waals surface area (Å²) in [6.45, 7) is 5.07. The molecule has 1 heterocycles. The van der Waals surface area contributed by atoms with Crippen LogP contribution in [0.25, 0.3) is 0 Å². The number of nitrogens with zero attached hydrogens (tertiary/aromatic N) is 2. The Morgan fingerprint density at radius 3 is 3.00 bits per heavy atom. The lowest BCUT2D eigenvalue weighted by Crippen LogP contribution is -2.17. The number of imidazole rings is 1. The van der Waals surface area contributed by atoms with Crippen molar-refractivity contribution in [2.24, 2.45) is 0 Å². The molecule has 108 valence electrons. The van der Waals surface area contributed by atoms with E-state index in [0.29, 0.717) is 0 Å². The summed E-state index contributed by atoms with van der Waals surface area (Å²) >= 11 is 0. The molecule has 4 heteroatoms. The van der Waals surface area contributed by atoms with E-state index in [1.807, 2.05) is 18.5 Å². The fourth-order valence-electron chi connectivity index (χ4n) is 2.12. The maximum atomic E-state index is 5.24. The fraction of sp³-hybridized carbons (Fsp3) is 0.438. The highest BCUT2D eigenvalue weighted by Crippen LogP contribution is 2.13. The van der Waals surface area contributed by atoms with Crippen LogP contribution in [0.1, 0.15) is 24.6 Å². The molecule has 1 aromatic heterocycles. The molecule has 0 aliphatic rings. The molecule has 0 atom stereocenters. The first kappa shape index (κ1) is 14.6. The zero-order valence-electron chi connectivity index (χ0n) is 12.3. The smallest absolute Gasteiger partial charge is 0.119 e. The van der Waals surface area contributed by atoms with Gasteiger partial charge in [0.2, 0.25) is 0 Å². The van der Waals surface area contributed by atoms with Crippen LogP contribution in [0.15, 0.2) is 36.8 Å². The number of ether oxygens (including phenoxy) is 1. The molecule has 0 amide bonds. The third kappa shape index (κ3) is 4.38. The van der Waals surface area contributed by atoms with Crippen LogP contribution in [0.2, 0.25) is 0 Å². The van der Waals surface area contributed by atoms with Crippen LogP contribution in [-0.2, 0) is 13.0 Å². The monoisotopic (exact) mass is 273 g/mol. The van der Waals surface area contributed by atoms with E-state index in [1.54, 1.807) is 7.11 Å². The summed E-state index contributed by atoms with van der Waals surface area (Å²) < 4.78 is 7.36. The van der Waals surface area contributed by atoms with Crippen molar-refractivity contribution >= 4 is 0 Å². The van der Waals surface area contributed by atoms with Gasteiger partial charge in [0.1, 0.15) is 5.75 Å². The summed E-state index contributed by atoms with van der Waals surface area (Å²) in [7, 11) is 1.69. The van der Waals surface area contributed by atoms with Crippen LogP contribution >= 0.6 is 0 Å². The number of hydrogen-bond acceptors (Lipinski definition) is 3. The van der Waals surface area contributed by atoms with Crippen LogP contribution in [0.3, 0.4) is 0 Å². The number of aromatic nitrogens is 2. The maximum Gasteiger partial charge on any atom is 0.119 e. The average Bonchev–Trinajstić information content (AvgIpc) is 2.91. The minimum absolute atomic E-state index is 0.826. The topological polar surface area (TPSA) is 39.1 Å². The van der Waals surface area contributed by atoms with Crippen LogP contribution in [0, 0.1) is 0 Å². The van der Waals surface area contributed by atoms with Crippen LogP contribution < -0.4 is 10.1 Å². The molecular weight excluding hydrogens is 250 g/mol. The highest BCUT2D eigenvalue weighted by molar-refractivity contribution is 5.28. The van der Waals surface area contributed by atoms with E-state index in [2.05, 4.69) is 40.1 Å². The van der Waals surface area contributed by atoms with Gasteiger partial charge in [0.05, 0.1) is 19.1 Å². The Hall–Kier alpha value is -1.81. The lowest BCUT2D eigenvalue weighted by Gasteiger charge is -2.05. The Morgan fingerprint density at radius 2 is 2.20 bits per heavy atom. The number of nitrogens with one attached hydrogen (secondary N) is 1. The van der Waals surface area contributed by atoms with E-state index < -0.39 is 0 Å². The van der Waals surface area contributed by atoms with Crippen molar-refractivity contribution in [1.82, 2.24) is 14.9 Å². The first-order valence-electron chi connectivity index (χ1n) is 7.16. The van der Waals surface area contributed by atoms with Crippen LogP contribution in [0.5, 0.6) is 5.75 Å². The van der Waals surface area contributed by atoms with Gasteiger partial charge in [0.25, 0.3) is 0 Å². The molecule has 1 aromatic carbocycles. The Balaban J connectivity index is 1.88. The molecule has 0 aliphatic heterocycles. The first-order chi connectivity index (χ1) is 9.81.